The van der Waals surface area contributed by atoms with Crippen molar-refractivity contribution < 1.29 is 18.3 Å². The van der Waals surface area contributed by atoms with Gasteiger partial charge in [0.15, 0.2) is 5.78 Å². The number of Topliss-reactive ketones (excluding diaryl/α,β-unsaturated/α-hetero) is 1. The standard InChI is InChI=1S/C13H17NO4S/c1-10(15)11-4-2-5-12(8-11)19(17,18)14-9-13(16)6-3-7-13/h2,4-5,8,14,16H,3,6-7,9H2,1H3. The summed E-state index contributed by atoms with van der Waals surface area (Å²) < 4.78 is 26.5. The minimum atomic E-state index is -3.69. The maximum Gasteiger partial charge on any atom is 0.240 e. The molecule has 5 nitrogen and oxygen atoms in total. The number of ketones is 1. The molecule has 0 spiro atoms. The zero-order chi connectivity index (χ0) is 14.1. The minimum Gasteiger partial charge on any atom is -0.389 e. The van der Waals surface area contributed by atoms with Gasteiger partial charge in [0.25, 0.3) is 0 Å². The number of hydrogen-bond donors (Lipinski definition) is 2. The highest BCUT2D eigenvalue weighted by molar-refractivity contribution is 7.89. The number of nitrogens with one attached hydrogen (secondary N) is 1. The van der Waals surface area contributed by atoms with Gasteiger partial charge in [-0.2, -0.15) is 0 Å². The summed E-state index contributed by atoms with van der Waals surface area (Å²) in [6.07, 6.45) is 2.14. The Bertz CT molecular complexity index is 590. The number of carbonyl (C=O) groups is 1. The highest BCUT2D eigenvalue weighted by Gasteiger charge is 2.35. The van der Waals surface area contributed by atoms with E-state index < -0.39 is 15.6 Å². The van der Waals surface area contributed by atoms with Crippen molar-refractivity contribution in [3.8, 4) is 0 Å². The van der Waals surface area contributed by atoms with Crippen LogP contribution in [0.2, 0.25) is 0 Å². The van der Waals surface area contributed by atoms with Crippen LogP contribution >= 0.6 is 0 Å². The van der Waals surface area contributed by atoms with E-state index in [0.717, 1.165) is 6.42 Å². The molecule has 6 heteroatoms. The quantitative estimate of drug-likeness (QED) is 0.792. The molecule has 1 fully saturated rings. The lowest BCUT2D eigenvalue weighted by molar-refractivity contribution is -0.0270. The third-order valence-electron chi connectivity index (χ3n) is 3.43. The second kappa shape index (κ2) is 5.03. The molecule has 104 valence electrons. The van der Waals surface area contributed by atoms with Crippen molar-refractivity contribution in [2.24, 2.45) is 0 Å². The van der Waals surface area contributed by atoms with Gasteiger partial charge < -0.3 is 5.11 Å². The van der Waals surface area contributed by atoms with Crippen LogP contribution in [0.5, 0.6) is 0 Å². The number of carbonyl (C=O) groups excluding carboxylic acids is 1. The van der Waals surface area contributed by atoms with Crippen LogP contribution in [0, 0.1) is 0 Å². The van der Waals surface area contributed by atoms with Crippen molar-refractivity contribution in [3.63, 3.8) is 0 Å². The van der Waals surface area contributed by atoms with E-state index in [0.29, 0.717) is 18.4 Å². The van der Waals surface area contributed by atoms with Gasteiger partial charge in [0.05, 0.1) is 10.5 Å². The van der Waals surface area contributed by atoms with Crippen molar-refractivity contribution in [1.29, 1.82) is 0 Å². The normalized spacial score (nSPS) is 17.8. The molecule has 0 aliphatic heterocycles. The average molecular weight is 283 g/mol. The summed E-state index contributed by atoms with van der Waals surface area (Å²) in [7, 11) is -3.69. The van der Waals surface area contributed by atoms with Gasteiger partial charge in [0, 0.05) is 12.1 Å². The lowest BCUT2D eigenvalue weighted by atomic mass is 9.81. The maximum atomic E-state index is 12.1. The van der Waals surface area contributed by atoms with E-state index in [-0.39, 0.29) is 17.2 Å². The van der Waals surface area contributed by atoms with Crippen LogP contribution in [0.3, 0.4) is 0 Å². The van der Waals surface area contributed by atoms with E-state index in [1.165, 1.54) is 25.1 Å². The fourth-order valence-electron chi connectivity index (χ4n) is 1.96. The van der Waals surface area contributed by atoms with Crippen molar-refractivity contribution in [1.82, 2.24) is 4.72 Å². The number of aliphatic hydroxyl groups is 1. The van der Waals surface area contributed by atoms with Gasteiger partial charge >= 0.3 is 0 Å². The zero-order valence-corrected chi connectivity index (χ0v) is 11.5. The minimum absolute atomic E-state index is 0.0135. The van der Waals surface area contributed by atoms with E-state index in [1.54, 1.807) is 6.07 Å². The lowest BCUT2D eigenvalue weighted by Crippen LogP contribution is -2.47. The summed E-state index contributed by atoms with van der Waals surface area (Å²) >= 11 is 0. The number of hydrogen-bond acceptors (Lipinski definition) is 4. The highest BCUT2D eigenvalue weighted by atomic mass is 32.2. The molecule has 2 N–H and O–H groups in total. The molecular formula is C13H17NO4S. The molecule has 2 rings (SSSR count). The predicted molar refractivity (Wildman–Crippen MR) is 70.4 cm³/mol. The Morgan fingerprint density at radius 1 is 1.42 bits per heavy atom. The van der Waals surface area contributed by atoms with Gasteiger partial charge in [0.1, 0.15) is 0 Å². The summed E-state index contributed by atoms with van der Waals surface area (Å²) in [4.78, 5) is 11.3. The van der Waals surface area contributed by atoms with E-state index in [1.807, 2.05) is 0 Å². The first-order valence-corrected chi connectivity index (χ1v) is 7.64. The molecule has 0 atom stereocenters. The maximum absolute atomic E-state index is 12.1. The van der Waals surface area contributed by atoms with Crippen molar-refractivity contribution in [2.45, 2.75) is 36.7 Å². The largest absolute Gasteiger partial charge is 0.389 e. The first-order chi connectivity index (χ1) is 8.82. The van der Waals surface area contributed by atoms with Crippen LogP contribution in [0.1, 0.15) is 36.5 Å². The second-order valence-corrected chi connectivity index (χ2v) is 6.75. The summed E-state index contributed by atoms with van der Waals surface area (Å²) in [6.45, 7) is 1.40. The Labute approximate surface area is 112 Å². The predicted octanol–water partition coefficient (Wildman–Crippen LogP) is 1.08. The Balaban J connectivity index is 2.14. The van der Waals surface area contributed by atoms with E-state index >= 15 is 0 Å². The van der Waals surface area contributed by atoms with Crippen LogP contribution in [-0.4, -0.2) is 31.5 Å². The smallest absolute Gasteiger partial charge is 0.240 e. The van der Waals surface area contributed by atoms with Crippen molar-refractivity contribution in [3.05, 3.63) is 29.8 Å². The van der Waals surface area contributed by atoms with Gasteiger partial charge in [-0.3, -0.25) is 4.79 Å². The van der Waals surface area contributed by atoms with Gasteiger partial charge in [-0.1, -0.05) is 12.1 Å². The molecule has 0 bridgehead atoms. The van der Waals surface area contributed by atoms with Gasteiger partial charge in [-0.15, -0.1) is 0 Å². The Kier molecular flexibility index (Phi) is 3.75. The van der Waals surface area contributed by atoms with Gasteiger partial charge in [-0.25, -0.2) is 13.1 Å². The van der Waals surface area contributed by atoms with Crippen LogP contribution in [0.25, 0.3) is 0 Å². The molecule has 19 heavy (non-hydrogen) atoms. The topological polar surface area (TPSA) is 83.5 Å². The summed E-state index contributed by atoms with van der Waals surface area (Å²) in [5, 5.41) is 9.88. The molecule has 0 aromatic heterocycles. The molecular weight excluding hydrogens is 266 g/mol. The third-order valence-corrected chi connectivity index (χ3v) is 4.83. The first-order valence-electron chi connectivity index (χ1n) is 6.15. The second-order valence-electron chi connectivity index (χ2n) is 4.99. The summed E-state index contributed by atoms with van der Waals surface area (Å²) in [6, 6.07) is 5.87. The fourth-order valence-corrected chi connectivity index (χ4v) is 3.12. The molecule has 0 unspecified atom stereocenters. The SMILES string of the molecule is CC(=O)c1cccc(S(=O)(=O)NCC2(O)CCC2)c1. The van der Waals surface area contributed by atoms with Crippen LogP contribution in [0.15, 0.2) is 29.2 Å². The number of rotatable bonds is 5. The Morgan fingerprint density at radius 2 is 2.11 bits per heavy atom. The molecule has 0 amide bonds. The average Bonchev–Trinajstić information content (AvgIpc) is 2.34. The molecule has 1 aliphatic carbocycles. The van der Waals surface area contributed by atoms with Crippen molar-refractivity contribution in [2.75, 3.05) is 6.54 Å². The third kappa shape index (κ3) is 3.20. The summed E-state index contributed by atoms with van der Waals surface area (Å²) in [5.41, 5.74) is -0.559. The molecule has 1 saturated carbocycles. The monoisotopic (exact) mass is 283 g/mol. The molecule has 0 heterocycles. The number of benzene rings is 1. The van der Waals surface area contributed by atoms with Gasteiger partial charge in [0.2, 0.25) is 10.0 Å². The first kappa shape index (κ1) is 14.2. The van der Waals surface area contributed by atoms with E-state index in [4.69, 9.17) is 0 Å². The molecule has 1 aromatic rings. The zero-order valence-electron chi connectivity index (χ0n) is 10.7. The van der Waals surface area contributed by atoms with Crippen molar-refractivity contribution >= 4 is 15.8 Å². The number of sulfonamides is 1. The van der Waals surface area contributed by atoms with E-state index in [9.17, 15) is 18.3 Å². The fraction of sp³-hybridized carbons (Fsp3) is 0.462. The van der Waals surface area contributed by atoms with Crippen LogP contribution < -0.4 is 4.72 Å². The summed E-state index contributed by atoms with van der Waals surface area (Å²) in [5.74, 6) is -0.185. The molecule has 0 saturated heterocycles. The molecule has 1 aromatic carbocycles. The lowest BCUT2D eigenvalue weighted by Gasteiger charge is -2.36. The van der Waals surface area contributed by atoms with Crippen LogP contribution in [0.4, 0.5) is 0 Å². The Hall–Kier alpha value is -1.24. The highest BCUT2D eigenvalue weighted by Crippen LogP contribution is 2.31. The van der Waals surface area contributed by atoms with Gasteiger partial charge in [-0.05, 0) is 38.3 Å². The van der Waals surface area contributed by atoms with E-state index in [2.05, 4.69) is 4.72 Å². The molecule has 0 radical (unpaired) electrons. The van der Waals surface area contributed by atoms with Crippen LogP contribution in [-0.2, 0) is 10.0 Å². The molecule has 1 aliphatic rings. The Morgan fingerprint density at radius 3 is 2.63 bits per heavy atom.